The number of carbonyl (C=O) groups excluding carboxylic acids is 1. The molecule has 4 heteroatoms. The second kappa shape index (κ2) is 7.63. The van der Waals surface area contributed by atoms with Crippen molar-refractivity contribution in [2.75, 3.05) is 19.9 Å². The van der Waals surface area contributed by atoms with Gasteiger partial charge >= 0.3 is 5.97 Å². The van der Waals surface area contributed by atoms with Gasteiger partial charge in [-0.2, -0.15) is 11.8 Å². The Balaban J connectivity index is 4.01. The largest absolute Gasteiger partial charge is 0.466 e. The molecule has 0 spiro atoms. The lowest BCUT2D eigenvalue weighted by atomic mass is 10.0. The highest BCUT2D eigenvalue weighted by atomic mass is 32.2. The van der Waals surface area contributed by atoms with E-state index in [4.69, 9.17) is 0 Å². The van der Waals surface area contributed by atoms with Gasteiger partial charge in [0.25, 0.3) is 0 Å². The van der Waals surface area contributed by atoms with Gasteiger partial charge in [0.2, 0.25) is 0 Å². The van der Waals surface area contributed by atoms with E-state index in [-0.39, 0.29) is 10.7 Å². The molecule has 0 aromatic heterocycles. The van der Waals surface area contributed by atoms with Gasteiger partial charge in [-0.05, 0) is 19.1 Å². The Morgan fingerprint density at radius 3 is 2.47 bits per heavy atom. The van der Waals surface area contributed by atoms with Gasteiger partial charge in [-0.1, -0.05) is 13.8 Å². The first-order valence-corrected chi connectivity index (χ1v) is 6.39. The van der Waals surface area contributed by atoms with Crippen molar-refractivity contribution in [2.45, 2.75) is 31.4 Å². The normalized spacial score (nSPS) is 11.7. The Hall–Kier alpha value is -0.640. The molecule has 0 aromatic rings. The summed E-state index contributed by atoms with van der Waals surface area (Å²) < 4.78 is 4.75. The van der Waals surface area contributed by atoms with Gasteiger partial charge in [0.1, 0.15) is 0 Å². The van der Waals surface area contributed by atoms with Crippen molar-refractivity contribution >= 4 is 17.7 Å². The molecule has 0 bridgehead atoms. The van der Waals surface area contributed by atoms with Crippen LogP contribution in [0.2, 0.25) is 0 Å². The van der Waals surface area contributed by atoms with E-state index in [9.17, 15) is 4.79 Å². The van der Waals surface area contributed by atoms with Crippen LogP contribution in [0.5, 0.6) is 0 Å². The van der Waals surface area contributed by atoms with E-state index in [0.717, 1.165) is 19.4 Å². The highest BCUT2D eigenvalue weighted by molar-refractivity contribution is 8.00. The van der Waals surface area contributed by atoms with Crippen LogP contribution in [0.25, 0.3) is 0 Å². The van der Waals surface area contributed by atoms with E-state index in [1.807, 2.05) is 11.8 Å². The van der Waals surface area contributed by atoms with Crippen LogP contribution in [0.15, 0.2) is 12.3 Å². The molecule has 0 saturated heterocycles. The molecule has 0 heterocycles. The van der Waals surface area contributed by atoms with Crippen LogP contribution in [0.4, 0.5) is 0 Å². The number of carbonyl (C=O) groups is 1. The van der Waals surface area contributed by atoms with Crippen LogP contribution in [0, 0.1) is 0 Å². The SMILES string of the molecule is CCC(CC)(CN/C=C/C(=O)OC)SC. The molecule has 0 fully saturated rings. The molecule has 0 aliphatic rings. The minimum Gasteiger partial charge on any atom is -0.466 e. The Morgan fingerprint density at radius 2 is 2.07 bits per heavy atom. The average molecular weight is 231 g/mol. The van der Waals surface area contributed by atoms with E-state index < -0.39 is 0 Å². The Bertz CT molecular complexity index is 204. The molecule has 0 aliphatic heterocycles. The van der Waals surface area contributed by atoms with E-state index in [2.05, 4.69) is 30.2 Å². The standard InChI is InChI=1S/C11H21NO2S/c1-5-11(6-2,15-4)9-12-8-7-10(13)14-3/h7-8,12H,5-6,9H2,1-4H3/b8-7+. The number of rotatable bonds is 7. The maximum absolute atomic E-state index is 10.8. The summed E-state index contributed by atoms with van der Waals surface area (Å²) in [6.45, 7) is 5.24. The van der Waals surface area contributed by atoms with Crippen molar-refractivity contribution < 1.29 is 9.53 Å². The molecule has 0 radical (unpaired) electrons. The van der Waals surface area contributed by atoms with Crippen molar-refractivity contribution in [1.82, 2.24) is 5.32 Å². The van der Waals surface area contributed by atoms with Crippen molar-refractivity contribution in [1.29, 1.82) is 0 Å². The fraction of sp³-hybridized carbons (Fsp3) is 0.727. The first-order chi connectivity index (χ1) is 7.14. The molecule has 0 aliphatic carbocycles. The molecule has 88 valence electrons. The molecule has 15 heavy (non-hydrogen) atoms. The third-order valence-electron chi connectivity index (χ3n) is 2.68. The number of hydrogen-bond acceptors (Lipinski definition) is 4. The molecule has 0 saturated carbocycles. The third kappa shape index (κ3) is 5.11. The highest BCUT2D eigenvalue weighted by Crippen LogP contribution is 2.29. The molecule has 0 atom stereocenters. The lowest BCUT2D eigenvalue weighted by molar-refractivity contribution is -0.134. The minimum atomic E-state index is -0.328. The first-order valence-electron chi connectivity index (χ1n) is 5.17. The zero-order valence-electron chi connectivity index (χ0n) is 10.0. The fourth-order valence-electron chi connectivity index (χ4n) is 1.30. The van der Waals surface area contributed by atoms with Gasteiger partial charge in [0.15, 0.2) is 0 Å². The topological polar surface area (TPSA) is 38.3 Å². The van der Waals surface area contributed by atoms with Gasteiger partial charge in [0, 0.05) is 23.6 Å². The van der Waals surface area contributed by atoms with Gasteiger partial charge in [-0.3, -0.25) is 0 Å². The number of nitrogens with one attached hydrogen (secondary N) is 1. The third-order valence-corrected chi connectivity index (χ3v) is 4.27. The molecule has 0 rings (SSSR count). The fourth-order valence-corrected chi connectivity index (χ4v) is 2.11. The lowest BCUT2D eigenvalue weighted by Gasteiger charge is -2.29. The van der Waals surface area contributed by atoms with E-state index in [0.29, 0.717) is 0 Å². The molecule has 0 unspecified atom stereocenters. The van der Waals surface area contributed by atoms with E-state index in [1.165, 1.54) is 13.2 Å². The first kappa shape index (κ1) is 14.4. The quantitative estimate of drug-likeness (QED) is 0.538. The number of esters is 1. The number of hydrogen-bond donors (Lipinski definition) is 1. The summed E-state index contributed by atoms with van der Waals surface area (Å²) in [7, 11) is 1.37. The van der Waals surface area contributed by atoms with Crippen LogP contribution < -0.4 is 5.32 Å². The summed E-state index contributed by atoms with van der Waals surface area (Å²) in [5, 5.41) is 3.14. The monoisotopic (exact) mass is 231 g/mol. The van der Waals surface area contributed by atoms with Crippen molar-refractivity contribution in [3.05, 3.63) is 12.3 Å². The predicted molar refractivity (Wildman–Crippen MR) is 66.0 cm³/mol. The number of methoxy groups -OCH3 is 1. The van der Waals surface area contributed by atoms with Crippen LogP contribution in [0.1, 0.15) is 26.7 Å². The second-order valence-electron chi connectivity index (χ2n) is 3.33. The Morgan fingerprint density at radius 1 is 1.47 bits per heavy atom. The van der Waals surface area contributed by atoms with Gasteiger partial charge in [0.05, 0.1) is 7.11 Å². The second-order valence-corrected chi connectivity index (χ2v) is 4.61. The van der Waals surface area contributed by atoms with Gasteiger partial charge < -0.3 is 10.1 Å². The molecular formula is C11H21NO2S. The minimum absolute atomic E-state index is 0.264. The predicted octanol–water partition coefficient (Wildman–Crippen LogP) is 2.18. The van der Waals surface area contributed by atoms with Crippen molar-refractivity contribution in [3.8, 4) is 0 Å². The van der Waals surface area contributed by atoms with Crippen LogP contribution >= 0.6 is 11.8 Å². The van der Waals surface area contributed by atoms with Crippen LogP contribution in [0.3, 0.4) is 0 Å². The summed E-state index contributed by atoms with van der Waals surface area (Å²) in [6.07, 6.45) is 7.41. The maximum Gasteiger partial charge on any atom is 0.331 e. The van der Waals surface area contributed by atoms with Crippen LogP contribution in [-0.4, -0.2) is 30.6 Å². The number of thioether (sulfide) groups is 1. The summed E-state index contributed by atoms with van der Waals surface area (Å²) >= 11 is 1.87. The van der Waals surface area contributed by atoms with Gasteiger partial charge in [-0.25, -0.2) is 4.79 Å². The Labute approximate surface area is 96.6 Å². The molecule has 1 N–H and O–H groups in total. The maximum atomic E-state index is 10.8. The summed E-state index contributed by atoms with van der Waals surface area (Å²) in [4.78, 5) is 10.8. The molecular weight excluding hydrogens is 210 g/mol. The van der Waals surface area contributed by atoms with Gasteiger partial charge in [-0.15, -0.1) is 0 Å². The zero-order valence-corrected chi connectivity index (χ0v) is 10.8. The molecule has 3 nitrogen and oxygen atoms in total. The van der Waals surface area contributed by atoms with Crippen molar-refractivity contribution in [3.63, 3.8) is 0 Å². The van der Waals surface area contributed by atoms with Crippen molar-refractivity contribution in [2.24, 2.45) is 0 Å². The Kier molecular flexibility index (Phi) is 7.30. The number of ether oxygens (including phenoxy) is 1. The van der Waals surface area contributed by atoms with E-state index in [1.54, 1.807) is 6.20 Å². The summed E-state index contributed by atoms with van der Waals surface area (Å²) in [5.74, 6) is -0.328. The molecule has 0 amide bonds. The van der Waals surface area contributed by atoms with Crippen LogP contribution in [-0.2, 0) is 9.53 Å². The zero-order chi connectivity index (χ0) is 11.7. The lowest BCUT2D eigenvalue weighted by Crippen LogP contribution is -2.34. The highest BCUT2D eigenvalue weighted by Gasteiger charge is 2.23. The average Bonchev–Trinajstić information content (AvgIpc) is 2.30. The molecule has 0 aromatic carbocycles. The summed E-state index contributed by atoms with van der Waals surface area (Å²) in [5.41, 5.74) is 0. The summed E-state index contributed by atoms with van der Waals surface area (Å²) in [6, 6.07) is 0. The smallest absolute Gasteiger partial charge is 0.331 e. The van der Waals surface area contributed by atoms with E-state index >= 15 is 0 Å².